The number of aromatic nitrogens is 2. The molecule has 0 unspecified atom stereocenters. The molecule has 1 amide bonds. The summed E-state index contributed by atoms with van der Waals surface area (Å²) in [7, 11) is 0. The van der Waals surface area contributed by atoms with E-state index in [4.69, 9.17) is 4.42 Å². The topological polar surface area (TPSA) is 71.3 Å². The third kappa shape index (κ3) is 3.38. The molecule has 0 spiro atoms. The molecule has 0 saturated carbocycles. The molecule has 1 fully saturated rings. The number of rotatable bonds is 5. The second kappa shape index (κ2) is 6.76. The molecule has 6 nitrogen and oxygen atoms in total. The Balaban J connectivity index is 1.38. The van der Waals surface area contributed by atoms with Gasteiger partial charge in [0, 0.05) is 29.9 Å². The molecule has 25 heavy (non-hydrogen) atoms. The molecule has 2 aromatic carbocycles. The molecule has 1 saturated heterocycles. The fourth-order valence-corrected chi connectivity index (χ4v) is 2.88. The number of hydrogen-bond acceptors (Lipinski definition) is 5. The Morgan fingerprint density at radius 1 is 1.04 bits per heavy atom. The van der Waals surface area contributed by atoms with Crippen molar-refractivity contribution in [1.82, 2.24) is 10.2 Å². The summed E-state index contributed by atoms with van der Waals surface area (Å²) < 4.78 is 5.67. The molecule has 126 valence electrons. The molecule has 1 aliphatic rings. The fourth-order valence-electron chi connectivity index (χ4n) is 2.88. The van der Waals surface area contributed by atoms with Crippen LogP contribution in [0.3, 0.4) is 0 Å². The first-order valence-corrected chi connectivity index (χ1v) is 8.32. The van der Waals surface area contributed by atoms with Gasteiger partial charge in [0.15, 0.2) is 0 Å². The number of benzene rings is 2. The van der Waals surface area contributed by atoms with Gasteiger partial charge in [0.1, 0.15) is 0 Å². The highest BCUT2D eigenvalue weighted by Crippen LogP contribution is 2.23. The zero-order valence-electron chi connectivity index (χ0n) is 13.7. The summed E-state index contributed by atoms with van der Waals surface area (Å²) >= 11 is 0. The molecule has 1 aromatic heterocycles. The fraction of sp³-hybridized carbons (Fsp3) is 0.211. The van der Waals surface area contributed by atoms with Crippen molar-refractivity contribution in [3.63, 3.8) is 0 Å². The molecule has 3 aromatic rings. The minimum atomic E-state index is 0.194. The second-order valence-corrected chi connectivity index (χ2v) is 5.92. The number of carbonyl (C=O) groups is 1. The van der Waals surface area contributed by atoms with Gasteiger partial charge in [-0.1, -0.05) is 18.2 Å². The van der Waals surface area contributed by atoms with E-state index in [1.807, 2.05) is 59.5 Å². The number of anilines is 2. The molecule has 6 heteroatoms. The summed E-state index contributed by atoms with van der Waals surface area (Å²) in [6.45, 7) is 1.25. The highest BCUT2D eigenvalue weighted by Gasteiger charge is 2.21. The minimum absolute atomic E-state index is 0.194. The van der Waals surface area contributed by atoms with Gasteiger partial charge in [0.05, 0.1) is 6.54 Å². The van der Waals surface area contributed by atoms with Crippen molar-refractivity contribution in [3.05, 3.63) is 60.5 Å². The van der Waals surface area contributed by atoms with E-state index in [2.05, 4.69) is 15.5 Å². The summed E-state index contributed by atoms with van der Waals surface area (Å²) in [6.07, 6.45) is 1.57. The van der Waals surface area contributed by atoms with Crippen molar-refractivity contribution < 1.29 is 9.21 Å². The predicted molar refractivity (Wildman–Crippen MR) is 95.1 cm³/mol. The lowest BCUT2D eigenvalue weighted by molar-refractivity contribution is -0.117. The normalized spacial score (nSPS) is 14.1. The first-order chi connectivity index (χ1) is 12.3. The van der Waals surface area contributed by atoms with Gasteiger partial charge in [0.2, 0.25) is 17.7 Å². The number of amides is 1. The van der Waals surface area contributed by atoms with Crippen molar-refractivity contribution in [1.29, 1.82) is 0 Å². The minimum Gasteiger partial charge on any atom is -0.419 e. The van der Waals surface area contributed by atoms with Crippen molar-refractivity contribution in [2.75, 3.05) is 16.8 Å². The van der Waals surface area contributed by atoms with Gasteiger partial charge in [-0.3, -0.25) is 4.79 Å². The van der Waals surface area contributed by atoms with E-state index in [1.165, 1.54) is 0 Å². The lowest BCUT2D eigenvalue weighted by Gasteiger charge is -2.16. The first-order valence-electron chi connectivity index (χ1n) is 8.32. The van der Waals surface area contributed by atoms with Crippen LogP contribution < -0.4 is 10.2 Å². The summed E-state index contributed by atoms with van der Waals surface area (Å²) in [5.41, 5.74) is 2.79. The zero-order valence-corrected chi connectivity index (χ0v) is 13.7. The molecule has 0 bridgehead atoms. The van der Waals surface area contributed by atoms with E-state index in [0.29, 0.717) is 24.7 Å². The molecule has 0 aliphatic carbocycles. The van der Waals surface area contributed by atoms with Crippen LogP contribution in [0.2, 0.25) is 0 Å². The van der Waals surface area contributed by atoms with Gasteiger partial charge in [-0.25, -0.2) is 0 Å². The van der Waals surface area contributed by atoms with Gasteiger partial charge in [-0.15, -0.1) is 10.2 Å². The Morgan fingerprint density at radius 3 is 2.56 bits per heavy atom. The molecule has 0 radical (unpaired) electrons. The Hall–Kier alpha value is -3.15. The van der Waals surface area contributed by atoms with Crippen LogP contribution in [-0.4, -0.2) is 22.6 Å². The van der Waals surface area contributed by atoms with Crippen molar-refractivity contribution in [2.45, 2.75) is 19.4 Å². The summed E-state index contributed by atoms with van der Waals surface area (Å²) in [5.74, 6) is 1.23. The van der Waals surface area contributed by atoms with Crippen LogP contribution in [0.25, 0.3) is 11.5 Å². The molecule has 1 N–H and O–H groups in total. The third-order valence-electron chi connectivity index (χ3n) is 4.18. The van der Waals surface area contributed by atoms with Gasteiger partial charge in [-0.05, 0) is 42.8 Å². The number of hydrogen-bond donors (Lipinski definition) is 1. The number of carbonyl (C=O) groups excluding carboxylic acids is 1. The number of nitrogens with one attached hydrogen (secondary N) is 1. The maximum absolute atomic E-state index is 11.8. The summed E-state index contributed by atoms with van der Waals surface area (Å²) in [5, 5.41) is 11.4. The SMILES string of the molecule is O=C1CCCN1c1ccc(NCc2nnc(-c3ccccc3)o2)cc1. The molecular formula is C19H18N4O2. The molecule has 0 atom stereocenters. The van der Waals surface area contributed by atoms with Gasteiger partial charge >= 0.3 is 0 Å². The van der Waals surface area contributed by atoms with E-state index in [0.717, 1.165) is 29.9 Å². The summed E-state index contributed by atoms with van der Waals surface area (Å²) in [6, 6.07) is 17.5. The van der Waals surface area contributed by atoms with Gasteiger partial charge in [-0.2, -0.15) is 0 Å². The average Bonchev–Trinajstić information content (AvgIpc) is 3.30. The van der Waals surface area contributed by atoms with Crippen LogP contribution >= 0.6 is 0 Å². The van der Waals surface area contributed by atoms with E-state index < -0.39 is 0 Å². The molecule has 4 rings (SSSR count). The van der Waals surface area contributed by atoms with Gasteiger partial charge < -0.3 is 14.6 Å². The standard InChI is InChI=1S/C19H18N4O2/c24-18-7-4-12-23(18)16-10-8-15(9-11-16)20-13-17-21-22-19(25-17)14-5-2-1-3-6-14/h1-3,5-6,8-11,20H,4,7,12-13H2. The Morgan fingerprint density at radius 2 is 1.84 bits per heavy atom. The zero-order chi connectivity index (χ0) is 17.1. The van der Waals surface area contributed by atoms with Crippen molar-refractivity contribution in [3.8, 4) is 11.5 Å². The van der Waals surface area contributed by atoms with Crippen LogP contribution in [0.4, 0.5) is 11.4 Å². The lowest BCUT2D eigenvalue weighted by Crippen LogP contribution is -2.23. The smallest absolute Gasteiger partial charge is 0.247 e. The second-order valence-electron chi connectivity index (χ2n) is 5.92. The highest BCUT2D eigenvalue weighted by molar-refractivity contribution is 5.95. The number of nitrogens with zero attached hydrogens (tertiary/aromatic N) is 3. The maximum atomic E-state index is 11.8. The van der Waals surface area contributed by atoms with Crippen LogP contribution in [0.1, 0.15) is 18.7 Å². The van der Waals surface area contributed by atoms with Crippen LogP contribution in [-0.2, 0) is 11.3 Å². The quantitative estimate of drug-likeness (QED) is 0.773. The van der Waals surface area contributed by atoms with Crippen LogP contribution in [0.15, 0.2) is 59.0 Å². The Labute approximate surface area is 145 Å². The monoisotopic (exact) mass is 334 g/mol. The van der Waals surface area contributed by atoms with E-state index >= 15 is 0 Å². The molecular weight excluding hydrogens is 316 g/mol. The van der Waals surface area contributed by atoms with E-state index in [1.54, 1.807) is 0 Å². The maximum Gasteiger partial charge on any atom is 0.247 e. The molecule has 2 heterocycles. The van der Waals surface area contributed by atoms with Gasteiger partial charge in [0.25, 0.3) is 0 Å². The third-order valence-corrected chi connectivity index (χ3v) is 4.18. The van der Waals surface area contributed by atoms with E-state index in [-0.39, 0.29) is 5.91 Å². The predicted octanol–water partition coefficient (Wildman–Crippen LogP) is 3.48. The van der Waals surface area contributed by atoms with Crippen molar-refractivity contribution in [2.24, 2.45) is 0 Å². The first kappa shape index (κ1) is 15.4. The molecule has 1 aliphatic heterocycles. The largest absolute Gasteiger partial charge is 0.419 e. The van der Waals surface area contributed by atoms with Crippen LogP contribution in [0, 0.1) is 0 Å². The van der Waals surface area contributed by atoms with Crippen LogP contribution in [0.5, 0.6) is 0 Å². The highest BCUT2D eigenvalue weighted by atomic mass is 16.4. The average molecular weight is 334 g/mol. The van der Waals surface area contributed by atoms with Crippen molar-refractivity contribution >= 4 is 17.3 Å². The Bertz CT molecular complexity index is 859. The lowest BCUT2D eigenvalue weighted by atomic mass is 10.2. The Kier molecular flexibility index (Phi) is 4.16. The van der Waals surface area contributed by atoms with E-state index in [9.17, 15) is 4.79 Å². The summed E-state index contributed by atoms with van der Waals surface area (Å²) in [4.78, 5) is 13.6.